The van der Waals surface area contributed by atoms with E-state index in [9.17, 15) is 10.2 Å². The van der Waals surface area contributed by atoms with Gasteiger partial charge >= 0.3 is 0 Å². The topological polar surface area (TPSA) is 65.8 Å². The maximum absolute atomic E-state index is 10.2. The molecule has 1 aliphatic heterocycles. The molecule has 0 aliphatic carbocycles. The highest BCUT2D eigenvalue weighted by Gasteiger charge is 2.34. The largest absolute Gasteiger partial charge is 0.493 e. The fraction of sp³-hybridized carbons (Fsp3) is 0.615. The van der Waals surface area contributed by atoms with Crippen LogP contribution >= 0.6 is 0 Å². The quantitative estimate of drug-likeness (QED) is 0.830. The molecule has 18 heavy (non-hydrogen) atoms. The Morgan fingerprint density at radius 2 is 2.28 bits per heavy atom. The molecule has 1 aliphatic rings. The van der Waals surface area contributed by atoms with Gasteiger partial charge in [-0.25, -0.2) is 4.98 Å². The van der Waals surface area contributed by atoms with Crippen LogP contribution in [-0.2, 0) is 0 Å². The number of aryl methyl sites for hydroxylation is 1. The molecule has 0 amide bonds. The van der Waals surface area contributed by atoms with E-state index in [4.69, 9.17) is 4.74 Å². The van der Waals surface area contributed by atoms with Crippen LogP contribution in [0.2, 0.25) is 0 Å². The average Bonchev–Trinajstić information content (AvgIpc) is 2.39. The molecule has 0 radical (unpaired) electrons. The van der Waals surface area contributed by atoms with Crippen molar-refractivity contribution < 1.29 is 14.9 Å². The van der Waals surface area contributed by atoms with Crippen LogP contribution in [0.5, 0.6) is 5.75 Å². The summed E-state index contributed by atoms with van der Waals surface area (Å²) < 4.78 is 5.31. The number of methoxy groups -OCH3 is 1. The Morgan fingerprint density at radius 1 is 1.50 bits per heavy atom. The van der Waals surface area contributed by atoms with Crippen molar-refractivity contribution in [1.82, 2.24) is 4.98 Å². The summed E-state index contributed by atoms with van der Waals surface area (Å²) in [5.74, 6) is 1.44. The highest BCUT2D eigenvalue weighted by Crippen LogP contribution is 2.31. The number of aromatic nitrogens is 1. The lowest BCUT2D eigenvalue weighted by Crippen LogP contribution is -2.50. The Bertz CT molecular complexity index is 425. The Labute approximate surface area is 107 Å². The van der Waals surface area contributed by atoms with Crippen LogP contribution in [0.4, 0.5) is 5.82 Å². The Kier molecular flexibility index (Phi) is 3.73. The number of pyridine rings is 1. The van der Waals surface area contributed by atoms with E-state index in [1.807, 2.05) is 24.0 Å². The minimum Gasteiger partial charge on any atom is -0.493 e. The number of aliphatic hydroxyl groups is 2. The number of β-amino-alcohol motifs (C(OH)–C–C–N with tert-alkyl or cyclic N) is 1. The van der Waals surface area contributed by atoms with Gasteiger partial charge in [0.2, 0.25) is 0 Å². The summed E-state index contributed by atoms with van der Waals surface area (Å²) in [5.41, 5.74) is -0.127. The van der Waals surface area contributed by atoms with E-state index in [1.165, 1.54) is 0 Å². The van der Waals surface area contributed by atoms with Crippen LogP contribution in [0.3, 0.4) is 0 Å². The molecule has 0 aromatic carbocycles. The number of nitrogens with zero attached hydrogens (tertiary/aromatic N) is 2. The number of aliphatic hydroxyl groups excluding tert-OH is 1. The fourth-order valence-electron chi connectivity index (χ4n) is 2.34. The molecule has 5 nitrogen and oxygen atoms in total. The summed E-state index contributed by atoms with van der Waals surface area (Å²) >= 11 is 0. The van der Waals surface area contributed by atoms with E-state index < -0.39 is 5.60 Å². The summed E-state index contributed by atoms with van der Waals surface area (Å²) in [6, 6.07) is 3.77. The van der Waals surface area contributed by atoms with E-state index in [1.54, 1.807) is 7.11 Å². The second-order valence-corrected chi connectivity index (χ2v) is 4.89. The molecule has 2 rings (SSSR count). The SMILES string of the molecule is COc1ccc(C)nc1N1CCCC(O)(CO)C1. The van der Waals surface area contributed by atoms with E-state index in [0.717, 1.165) is 24.5 Å². The Hall–Kier alpha value is -1.33. The summed E-state index contributed by atoms with van der Waals surface area (Å²) in [6.45, 7) is 2.90. The zero-order chi connectivity index (χ0) is 13.2. The second-order valence-electron chi connectivity index (χ2n) is 4.89. The van der Waals surface area contributed by atoms with Crippen LogP contribution in [0.15, 0.2) is 12.1 Å². The third-order valence-corrected chi connectivity index (χ3v) is 3.35. The number of rotatable bonds is 3. The molecule has 0 bridgehead atoms. The first-order valence-corrected chi connectivity index (χ1v) is 6.18. The predicted octanol–water partition coefficient (Wildman–Crippen LogP) is 0.722. The molecule has 5 heteroatoms. The molecule has 0 saturated carbocycles. The molecule has 1 unspecified atom stereocenters. The van der Waals surface area contributed by atoms with Crippen LogP contribution < -0.4 is 9.64 Å². The van der Waals surface area contributed by atoms with Crippen molar-refractivity contribution in [2.75, 3.05) is 31.7 Å². The molecular weight excluding hydrogens is 232 g/mol. The molecule has 2 heterocycles. The maximum Gasteiger partial charge on any atom is 0.171 e. The summed E-state index contributed by atoms with van der Waals surface area (Å²) in [6.07, 6.45) is 1.45. The summed E-state index contributed by atoms with van der Waals surface area (Å²) in [4.78, 5) is 6.45. The first-order chi connectivity index (χ1) is 8.58. The Morgan fingerprint density at radius 3 is 2.94 bits per heavy atom. The third kappa shape index (κ3) is 2.57. The van der Waals surface area contributed by atoms with Crippen LogP contribution in [0.25, 0.3) is 0 Å². The smallest absolute Gasteiger partial charge is 0.171 e. The van der Waals surface area contributed by atoms with Gasteiger partial charge < -0.3 is 19.8 Å². The minimum absolute atomic E-state index is 0.225. The van der Waals surface area contributed by atoms with Crippen molar-refractivity contribution in [3.8, 4) is 5.75 Å². The van der Waals surface area contributed by atoms with Crippen molar-refractivity contribution >= 4 is 5.82 Å². The van der Waals surface area contributed by atoms with Gasteiger partial charge in [-0.05, 0) is 31.9 Å². The van der Waals surface area contributed by atoms with Gasteiger partial charge in [-0.1, -0.05) is 0 Å². The van der Waals surface area contributed by atoms with Gasteiger partial charge in [-0.15, -0.1) is 0 Å². The molecular formula is C13H20N2O3. The summed E-state index contributed by atoms with van der Waals surface area (Å²) in [5, 5.41) is 19.5. The lowest BCUT2D eigenvalue weighted by molar-refractivity contribution is -0.0243. The van der Waals surface area contributed by atoms with Gasteiger partial charge in [0.1, 0.15) is 5.60 Å². The van der Waals surface area contributed by atoms with E-state index >= 15 is 0 Å². The van der Waals surface area contributed by atoms with Gasteiger partial charge in [0, 0.05) is 12.2 Å². The van der Waals surface area contributed by atoms with Crippen LogP contribution in [0.1, 0.15) is 18.5 Å². The third-order valence-electron chi connectivity index (χ3n) is 3.35. The molecule has 2 N–H and O–H groups in total. The molecule has 1 atom stereocenters. The maximum atomic E-state index is 10.2. The molecule has 1 aromatic heterocycles. The van der Waals surface area contributed by atoms with Crippen molar-refractivity contribution in [3.63, 3.8) is 0 Å². The van der Waals surface area contributed by atoms with E-state index in [-0.39, 0.29) is 6.61 Å². The number of piperidine rings is 1. The van der Waals surface area contributed by atoms with Crippen molar-refractivity contribution in [2.24, 2.45) is 0 Å². The zero-order valence-corrected chi connectivity index (χ0v) is 10.9. The molecule has 1 saturated heterocycles. The van der Waals surface area contributed by atoms with Crippen molar-refractivity contribution in [3.05, 3.63) is 17.8 Å². The van der Waals surface area contributed by atoms with Gasteiger partial charge in [0.25, 0.3) is 0 Å². The molecule has 1 fully saturated rings. The first kappa shape index (κ1) is 13.1. The van der Waals surface area contributed by atoms with Gasteiger partial charge in [-0.3, -0.25) is 0 Å². The fourth-order valence-corrected chi connectivity index (χ4v) is 2.34. The molecule has 100 valence electrons. The number of hydrogen-bond donors (Lipinski definition) is 2. The first-order valence-electron chi connectivity index (χ1n) is 6.18. The predicted molar refractivity (Wildman–Crippen MR) is 69.0 cm³/mol. The highest BCUT2D eigenvalue weighted by molar-refractivity contribution is 5.53. The Balaban J connectivity index is 2.28. The monoisotopic (exact) mass is 252 g/mol. The lowest BCUT2D eigenvalue weighted by Gasteiger charge is -2.39. The average molecular weight is 252 g/mol. The van der Waals surface area contributed by atoms with Gasteiger partial charge in [-0.2, -0.15) is 0 Å². The van der Waals surface area contributed by atoms with Crippen LogP contribution in [-0.4, -0.2) is 47.6 Å². The molecule has 1 aromatic rings. The van der Waals surface area contributed by atoms with Gasteiger partial charge in [0.15, 0.2) is 11.6 Å². The van der Waals surface area contributed by atoms with Crippen molar-refractivity contribution in [2.45, 2.75) is 25.4 Å². The number of ether oxygens (including phenoxy) is 1. The van der Waals surface area contributed by atoms with Gasteiger partial charge in [0.05, 0.1) is 20.3 Å². The normalized spacial score (nSPS) is 24.1. The highest BCUT2D eigenvalue weighted by atomic mass is 16.5. The minimum atomic E-state index is -1.03. The lowest BCUT2D eigenvalue weighted by atomic mass is 9.94. The van der Waals surface area contributed by atoms with Crippen LogP contribution in [0, 0.1) is 6.92 Å². The van der Waals surface area contributed by atoms with Crippen molar-refractivity contribution in [1.29, 1.82) is 0 Å². The van der Waals surface area contributed by atoms with E-state index in [0.29, 0.717) is 18.7 Å². The summed E-state index contributed by atoms with van der Waals surface area (Å²) in [7, 11) is 1.61. The number of hydrogen-bond acceptors (Lipinski definition) is 5. The van der Waals surface area contributed by atoms with E-state index in [2.05, 4.69) is 4.98 Å². The molecule has 0 spiro atoms. The second kappa shape index (κ2) is 5.12. The number of anilines is 1. The zero-order valence-electron chi connectivity index (χ0n) is 10.9. The standard InChI is InChI=1S/C13H20N2O3/c1-10-4-5-11(18-2)12(14-10)15-7-3-6-13(17,8-15)9-16/h4-5,16-17H,3,6-9H2,1-2H3.